The van der Waals surface area contributed by atoms with Crippen LogP contribution in [0.1, 0.15) is 48.5 Å². The molecule has 10 nitrogen and oxygen atoms in total. The van der Waals surface area contributed by atoms with Gasteiger partial charge in [0.15, 0.2) is 11.6 Å². The van der Waals surface area contributed by atoms with E-state index in [0.717, 1.165) is 16.7 Å². The summed E-state index contributed by atoms with van der Waals surface area (Å²) >= 11 is 0. The fraction of sp³-hybridized carbons (Fsp3) is 0.409. The van der Waals surface area contributed by atoms with Gasteiger partial charge in [0.25, 0.3) is 0 Å². The summed E-state index contributed by atoms with van der Waals surface area (Å²) in [6.07, 6.45) is 1.41. The molecule has 3 aromatic rings. The third kappa shape index (κ3) is 5.38. The van der Waals surface area contributed by atoms with Gasteiger partial charge in [-0.25, -0.2) is 9.97 Å². The van der Waals surface area contributed by atoms with Crippen molar-refractivity contribution in [1.82, 2.24) is 30.8 Å². The Hall–Kier alpha value is -3.53. The topological polar surface area (TPSA) is 141 Å². The molecule has 0 saturated carbocycles. The second kappa shape index (κ2) is 9.73. The molecule has 170 valence electrons. The molecule has 0 unspecified atom stereocenters. The second-order valence-electron chi connectivity index (χ2n) is 8.37. The second-order valence-corrected chi connectivity index (χ2v) is 8.37. The molecular formula is C22H29N7O3. The van der Waals surface area contributed by atoms with Crippen LogP contribution in [0.4, 0.5) is 5.82 Å². The van der Waals surface area contributed by atoms with Gasteiger partial charge in [0.05, 0.1) is 0 Å². The fourth-order valence-electron chi connectivity index (χ4n) is 2.90. The predicted molar refractivity (Wildman–Crippen MR) is 120 cm³/mol. The van der Waals surface area contributed by atoms with Gasteiger partial charge in [0, 0.05) is 24.1 Å². The Morgan fingerprint density at radius 2 is 2.00 bits per heavy atom. The Bertz CT molecular complexity index is 1090. The summed E-state index contributed by atoms with van der Waals surface area (Å²) in [6, 6.07) is 5.80. The fourth-order valence-corrected chi connectivity index (χ4v) is 2.90. The molecule has 32 heavy (non-hydrogen) atoms. The minimum absolute atomic E-state index is 0.0518. The molecule has 0 aliphatic rings. The largest absolute Gasteiger partial charge is 0.486 e. The Morgan fingerprint density at radius 3 is 2.66 bits per heavy atom. The third-order valence-electron chi connectivity index (χ3n) is 4.75. The normalized spacial score (nSPS) is 11.4. The van der Waals surface area contributed by atoms with Crippen molar-refractivity contribution in [3.05, 3.63) is 47.4 Å². The number of hydrogen-bond donors (Lipinski definition) is 3. The molecule has 0 spiro atoms. The van der Waals surface area contributed by atoms with Crippen LogP contribution in [0.3, 0.4) is 0 Å². The molecule has 0 fully saturated rings. The van der Waals surface area contributed by atoms with E-state index in [-0.39, 0.29) is 17.1 Å². The van der Waals surface area contributed by atoms with Crippen LogP contribution in [-0.4, -0.2) is 46.3 Å². The number of hydrogen-bond acceptors (Lipinski definition) is 9. The number of rotatable bonds is 8. The third-order valence-corrected chi connectivity index (χ3v) is 4.75. The van der Waals surface area contributed by atoms with Crippen molar-refractivity contribution in [2.24, 2.45) is 0 Å². The van der Waals surface area contributed by atoms with E-state index in [4.69, 9.17) is 14.9 Å². The summed E-state index contributed by atoms with van der Waals surface area (Å²) in [7, 11) is 1.85. The standard InChI is InChI=1S/C22H29N7O3/c1-13-10-14(16-17(31-9-8-24-5)18(23)27-12-26-16)6-7-15(13)11-25-19(30)20-28-29-21(32-20)22(2,3)4/h6-7,10,12,24H,8-9,11H2,1-5H3,(H,25,30)(H2,23,26,27). The molecule has 3 rings (SSSR count). The number of nitrogen functional groups attached to an aromatic ring is 1. The SMILES string of the molecule is CNCCOc1c(N)ncnc1-c1ccc(CNC(=O)c2nnc(C(C)(C)C)o2)c(C)c1. The van der Waals surface area contributed by atoms with Gasteiger partial charge in [-0.2, -0.15) is 0 Å². The summed E-state index contributed by atoms with van der Waals surface area (Å²) in [5.41, 5.74) is 9.07. The van der Waals surface area contributed by atoms with Crippen molar-refractivity contribution >= 4 is 11.7 Å². The highest BCUT2D eigenvalue weighted by molar-refractivity contribution is 5.89. The molecule has 1 aromatic carbocycles. The van der Waals surface area contributed by atoms with Gasteiger partial charge >= 0.3 is 11.8 Å². The summed E-state index contributed by atoms with van der Waals surface area (Å²) in [6.45, 7) is 9.21. The summed E-state index contributed by atoms with van der Waals surface area (Å²) < 4.78 is 11.3. The number of ether oxygens (including phenoxy) is 1. The van der Waals surface area contributed by atoms with E-state index >= 15 is 0 Å². The summed E-state index contributed by atoms with van der Waals surface area (Å²) in [5.74, 6) is 0.688. The highest BCUT2D eigenvalue weighted by atomic mass is 16.5. The maximum absolute atomic E-state index is 12.4. The highest BCUT2D eigenvalue weighted by Crippen LogP contribution is 2.32. The highest BCUT2D eigenvalue weighted by Gasteiger charge is 2.24. The average molecular weight is 440 g/mol. The molecule has 2 heterocycles. The van der Waals surface area contributed by atoms with Crippen LogP contribution < -0.4 is 21.1 Å². The molecule has 10 heteroatoms. The van der Waals surface area contributed by atoms with Gasteiger partial charge < -0.3 is 25.5 Å². The molecule has 0 aliphatic heterocycles. The molecule has 0 bridgehead atoms. The molecule has 0 radical (unpaired) electrons. The maximum Gasteiger partial charge on any atom is 0.309 e. The first-order valence-corrected chi connectivity index (χ1v) is 10.3. The molecule has 2 aromatic heterocycles. The molecular weight excluding hydrogens is 410 g/mol. The minimum Gasteiger partial charge on any atom is -0.486 e. The number of aromatic nitrogens is 4. The first-order valence-electron chi connectivity index (χ1n) is 10.3. The van der Waals surface area contributed by atoms with Crippen LogP contribution in [0.2, 0.25) is 0 Å². The lowest BCUT2D eigenvalue weighted by Gasteiger charge is -2.14. The zero-order valence-corrected chi connectivity index (χ0v) is 19.0. The number of amides is 1. The van der Waals surface area contributed by atoms with Crippen LogP contribution >= 0.6 is 0 Å². The zero-order chi connectivity index (χ0) is 23.3. The van der Waals surface area contributed by atoms with Gasteiger partial charge in [-0.3, -0.25) is 4.79 Å². The van der Waals surface area contributed by atoms with Crippen LogP contribution in [0.5, 0.6) is 5.75 Å². The van der Waals surface area contributed by atoms with Gasteiger partial charge in [-0.05, 0) is 31.2 Å². The van der Waals surface area contributed by atoms with Crippen molar-refractivity contribution in [2.45, 2.75) is 39.7 Å². The number of nitrogens with one attached hydrogen (secondary N) is 2. The summed E-state index contributed by atoms with van der Waals surface area (Å²) in [5, 5.41) is 13.6. The molecule has 0 aliphatic carbocycles. The Balaban J connectivity index is 1.73. The van der Waals surface area contributed by atoms with Crippen molar-refractivity contribution in [1.29, 1.82) is 0 Å². The van der Waals surface area contributed by atoms with Crippen LogP contribution in [-0.2, 0) is 12.0 Å². The number of likely N-dealkylation sites (N-methyl/N-ethyl adjacent to an activating group) is 1. The van der Waals surface area contributed by atoms with Crippen molar-refractivity contribution in [3.63, 3.8) is 0 Å². The Labute approximate surface area is 187 Å². The van der Waals surface area contributed by atoms with Gasteiger partial charge in [0.1, 0.15) is 18.6 Å². The van der Waals surface area contributed by atoms with Gasteiger partial charge in [0.2, 0.25) is 5.89 Å². The lowest BCUT2D eigenvalue weighted by molar-refractivity contribution is 0.0912. The smallest absolute Gasteiger partial charge is 0.309 e. The van der Waals surface area contributed by atoms with E-state index < -0.39 is 5.91 Å². The van der Waals surface area contributed by atoms with Crippen LogP contribution in [0.25, 0.3) is 11.3 Å². The molecule has 1 amide bonds. The van der Waals surface area contributed by atoms with Crippen molar-refractivity contribution < 1.29 is 13.9 Å². The number of nitrogens with two attached hydrogens (primary N) is 1. The number of carbonyl (C=O) groups excluding carboxylic acids is 1. The summed E-state index contributed by atoms with van der Waals surface area (Å²) in [4.78, 5) is 20.8. The maximum atomic E-state index is 12.4. The monoisotopic (exact) mass is 439 g/mol. The van der Waals surface area contributed by atoms with E-state index in [1.54, 1.807) is 0 Å². The lowest BCUT2D eigenvalue weighted by atomic mass is 9.97. The van der Waals surface area contributed by atoms with E-state index in [1.807, 2.05) is 52.9 Å². The van der Waals surface area contributed by atoms with Gasteiger partial charge in [-0.15, -0.1) is 10.2 Å². The number of benzene rings is 1. The minimum atomic E-state index is -0.416. The molecule has 4 N–H and O–H groups in total. The first kappa shape index (κ1) is 23.1. The quantitative estimate of drug-likeness (QED) is 0.450. The van der Waals surface area contributed by atoms with Crippen molar-refractivity contribution in [3.8, 4) is 17.0 Å². The number of aryl methyl sites for hydroxylation is 1. The van der Waals surface area contributed by atoms with E-state index in [2.05, 4.69) is 30.8 Å². The van der Waals surface area contributed by atoms with E-state index in [0.29, 0.717) is 37.0 Å². The number of carbonyl (C=O) groups is 1. The Kier molecular flexibility index (Phi) is 7.04. The van der Waals surface area contributed by atoms with E-state index in [9.17, 15) is 4.79 Å². The van der Waals surface area contributed by atoms with Crippen LogP contribution in [0, 0.1) is 6.92 Å². The van der Waals surface area contributed by atoms with Crippen LogP contribution in [0.15, 0.2) is 28.9 Å². The molecule has 0 saturated heterocycles. The average Bonchev–Trinajstić information content (AvgIpc) is 3.25. The zero-order valence-electron chi connectivity index (χ0n) is 19.0. The lowest BCUT2D eigenvalue weighted by Crippen LogP contribution is -2.23. The van der Waals surface area contributed by atoms with Crippen molar-refractivity contribution in [2.75, 3.05) is 25.9 Å². The Morgan fingerprint density at radius 1 is 1.22 bits per heavy atom. The number of anilines is 1. The van der Waals surface area contributed by atoms with E-state index in [1.165, 1.54) is 6.33 Å². The first-order chi connectivity index (χ1) is 15.2. The number of nitrogens with zero attached hydrogens (tertiary/aromatic N) is 4. The molecule has 0 atom stereocenters. The van der Waals surface area contributed by atoms with Gasteiger partial charge in [-0.1, -0.05) is 32.9 Å². The predicted octanol–water partition coefficient (Wildman–Crippen LogP) is 2.24.